The van der Waals surface area contributed by atoms with Gasteiger partial charge >= 0.3 is 21.4 Å². The molecular formula is C4H2F8INO3S. The second kappa shape index (κ2) is 4.55. The zero-order chi connectivity index (χ0) is 15.2. The van der Waals surface area contributed by atoms with Gasteiger partial charge in [-0.1, -0.05) is 0 Å². The van der Waals surface area contributed by atoms with Gasteiger partial charge in [0, 0.05) is 22.6 Å². The maximum atomic E-state index is 12.5. The van der Waals surface area contributed by atoms with E-state index in [1.165, 1.54) is 0 Å². The smallest absolute Gasteiger partial charge is 0.244 e. The van der Waals surface area contributed by atoms with Gasteiger partial charge in [0.25, 0.3) is 10.0 Å². The van der Waals surface area contributed by atoms with Crippen molar-refractivity contribution in [3.63, 3.8) is 0 Å². The Morgan fingerprint density at radius 2 is 1.22 bits per heavy atom. The van der Waals surface area contributed by atoms with Crippen molar-refractivity contribution in [2.45, 2.75) is 21.4 Å². The standard InChI is InChI=1S/C4H2F8INO3S/c5-1(6,13)2(7,8)17-3(9,10)4(11,12)18(14,15)16/h(H2,14,15,16). The third-order valence-electron chi connectivity index (χ3n) is 1.28. The van der Waals surface area contributed by atoms with E-state index < -0.39 is 31.4 Å². The van der Waals surface area contributed by atoms with E-state index in [0.29, 0.717) is 0 Å². The number of halogens is 9. The Labute approximate surface area is 108 Å². The fraction of sp³-hybridized carbons (Fsp3) is 1.00. The molecule has 0 saturated heterocycles. The first-order valence-electron chi connectivity index (χ1n) is 3.38. The SMILES string of the molecule is NS(=O)(=O)C(F)(F)C(F)(F)OC(F)(F)C(F)(F)I. The second-order valence-corrected chi connectivity index (χ2v) is 5.65. The average molecular weight is 423 g/mol. The second-order valence-electron chi connectivity index (χ2n) is 2.70. The van der Waals surface area contributed by atoms with Crippen LogP contribution in [0, 0.1) is 0 Å². The molecule has 0 aromatic rings. The normalized spacial score (nSPS) is 15.9. The molecule has 0 unspecified atom stereocenters. The van der Waals surface area contributed by atoms with Crippen molar-refractivity contribution in [1.82, 2.24) is 0 Å². The van der Waals surface area contributed by atoms with Crippen LogP contribution in [0.15, 0.2) is 0 Å². The Kier molecular flexibility index (Phi) is 4.56. The molecule has 0 bridgehead atoms. The van der Waals surface area contributed by atoms with Crippen LogP contribution >= 0.6 is 22.6 Å². The quantitative estimate of drug-likeness (QED) is 0.419. The first kappa shape index (κ1) is 18.0. The minimum absolute atomic E-state index is 0.359. The predicted octanol–water partition coefficient (Wildman–Crippen LogP) is 2.10. The highest BCUT2D eigenvalue weighted by molar-refractivity contribution is 14.1. The minimum atomic E-state index is -6.46. The van der Waals surface area contributed by atoms with E-state index in [1.807, 2.05) is 4.74 Å². The zero-order valence-corrected chi connectivity index (χ0v) is 10.6. The summed E-state index contributed by atoms with van der Waals surface area (Å²) in [6, 6.07) is 0. The van der Waals surface area contributed by atoms with Gasteiger partial charge in [-0.05, 0) is 0 Å². The molecule has 110 valence electrons. The van der Waals surface area contributed by atoms with E-state index in [-0.39, 0.29) is 22.6 Å². The Morgan fingerprint density at radius 3 is 1.44 bits per heavy atom. The molecule has 4 nitrogen and oxygen atoms in total. The summed E-state index contributed by atoms with van der Waals surface area (Å²) in [6.45, 7) is 0. The van der Waals surface area contributed by atoms with Crippen LogP contribution in [0.4, 0.5) is 35.1 Å². The largest absolute Gasteiger partial charge is 0.448 e. The Morgan fingerprint density at radius 1 is 0.889 bits per heavy atom. The third-order valence-corrected chi connectivity index (χ3v) is 2.86. The Bertz CT molecular complexity index is 417. The number of ether oxygens (including phenoxy) is 1. The number of sulfonamides is 1. The number of alkyl halides is 9. The van der Waals surface area contributed by atoms with Crippen LogP contribution in [0.5, 0.6) is 0 Å². The lowest BCUT2D eigenvalue weighted by atomic mass is 10.6. The van der Waals surface area contributed by atoms with Crippen LogP contribution in [0.1, 0.15) is 0 Å². The Balaban J connectivity index is 5.47. The van der Waals surface area contributed by atoms with Crippen molar-refractivity contribution < 1.29 is 48.3 Å². The fourth-order valence-electron chi connectivity index (χ4n) is 0.444. The summed E-state index contributed by atoms with van der Waals surface area (Å²) in [5, 5.41) is -2.66. The molecule has 0 aliphatic heterocycles. The Hall–Kier alpha value is 0.0400. The minimum Gasteiger partial charge on any atom is -0.244 e. The van der Waals surface area contributed by atoms with Crippen molar-refractivity contribution >= 4 is 32.6 Å². The van der Waals surface area contributed by atoms with E-state index in [4.69, 9.17) is 0 Å². The van der Waals surface area contributed by atoms with E-state index in [9.17, 15) is 43.5 Å². The highest BCUT2D eigenvalue weighted by Gasteiger charge is 2.72. The summed E-state index contributed by atoms with van der Waals surface area (Å²) in [4.78, 5) is 0. The zero-order valence-electron chi connectivity index (χ0n) is 7.61. The maximum Gasteiger partial charge on any atom is 0.448 e. The molecule has 0 radical (unpaired) electrons. The van der Waals surface area contributed by atoms with E-state index >= 15 is 0 Å². The van der Waals surface area contributed by atoms with Crippen molar-refractivity contribution in [3.05, 3.63) is 0 Å². The van der Waals surface area contributed by atoms with Crippen molar-refractivity contribution in [2.24, 2.45) is 5.14 Å². The third kappa shape index (κ3) is 3.32. The van der Waals surface area contributed by atoms with Crippen molar-refractivity contribution in [2.75, 3.05) is 0 Å². The van der Waals surface area contributed by atoms with Crippen LogP contribution in [0.3, 0.4) is 0 Å². The van der Waals surface area contributed by atoms with Crippen LogP contribution in [0.2, 0.25) is 0 Å². The van der Waals surface area contributed by atoms with Crippen LogP contribution in [0.25, 0.3) is 0 Å². The molecule has 14 heteroatoms. The molecule has 0 heterocycles. The van der Waals surface area contributed by atoms with Crippen molar-refractivity contribution in [1.29, 1.82) is 0 Å². The lowest BCUT2D eigenvalue weighted by Crippen LogP contribution is -2.56. The number of nitrogens with two attached hydrogens (primary N) is 1. The lowest BCUT2D eigenvalue weighted by molar-refractivity contribution is -0.438. The van der Waals surface area contributed by atoms with Gasteiger partial charge in [-0.2, -0.15) is 35.1 Å². The molecule has 0 aliphatic rings. The van der Waals surface area contributed by atoms with Crippen LogP contribution in [-0.2, 0) is 14.8 Å². The number of hydrogen-bond donors (Lipinski definition) is 1. The summed E-state index contributed by atoms with van der Waals surface area (Å²) < 4.78 is 115. The van der Waals surface area contributed by atoms with Gasteiger partial charge in [0.15, 0.2) is 0 Å². The van der Waals surface area contributed by atoms with Gasteiger partial charge in [-0.25, -0.2) is 18.3 Å². The van der Waals surface area contributed by atoms with Crippen LogP contribution < -0.4 is 5.14 Å². The first-order chi connectivity index (χ1) is 7.46. The van der Waals surface area contributed by atoms with Gasteiger partial charge in [-0.15, -0.1) is 0 Å². The molecule has 0 amide bonds. The molecule has 0 spiro atoms. The summed E-state index contributed by atoms with van der Waals surface area (Å²) in [7, 11) is -6.37. The monoisotopic (exact) mass is 423 g/mol. The van der Waals surface area contributed by atoms with Gasteiger partial charge < -0.3 is 0 Å². The molecule has 0 aliphatic carbocycles. The molecule has 0 atom stereocenters. The van der Waals surface area contributed by atoms with Gasteiger partial charge in [0.2, 0.25) is 0 Å². The maximum absolute atomic E-state index is 12.5. The van der Waals surface area contributed by atoms with E-state index in [0.717, 1.165) is 0 Å². The summed E-state index contributed by atoms with van der Waals surface area (Å²) in [5.74, 6) is 0. The summed E-state index contributed by atoms with van der Waals surface area (Å²) in [5.41, 5.74) is 0. The van der Waals surface area contributed by atoms with Gasteiger partial charge in [-0.3, -0.25) is 0 Å². The van der Waals surface area contributed by atoms with Gasteiger partial charge in [0.05, 0.1) is 0 Å². The molecule has 18 heavy (non-hydrogen) atoms. The highest BCUT2D eigenvalue weighted by atomic mass is 127. The molecule has 2 N–H and O–H groups in total. The highest BCUT2D eigenvalue weighted by Crippen LogP contribution is 2.48. The predicted molar refractivity (Wildman–Crippen MR) is 48.0 cm³/mol. The summed E-state index contributed by atoms with van der Waals surface area (Å²) in [6.07, 6.45) is -12.5. The molecular weight excluding hydrogens is 421 g/mol. The lowest BCUT2D eigenvalue weighted by Gasteiger charge is -2.29. The number of rotatable bonds is 5. The molecule has 0 saturated carbocycles. The number of hydrogen-bond acceptors (Lipinski definition) is 3. The topological polar surface area (TPSA) is 69.4 Å². The molecule has 0 aromatic carbocycles. The molecule has 0 fully saturated rings. The van der Waals surface area contributed by atoms with Crippen LogP contribution in [-0.4, -0.2) is 29.8 Å². The van der Waals surface area contributed by atoms with E-state index in [2.05, 4.69) is 5.14 Å². The average Bonchev–Trinajstić information content (AvgIpc) is 1.96. The fourth-order valence-corrected chi connectivity index (χ4v) is 0.927. The van der Waals surface area contributed by atoms with Gasteiger partial charge in [0.1, 0.15) is 0 Å². The molecule has 0 rings (SSSR count). The number of primary sulfonamides is 1. The summed E-state index contributed by atoms with van der Waals surface area (Å²) >= 11 is -0.359. The van der Waals surface area contributed by atoms with E-state index in [1.54, 1.807) is 0 Å². The first-order valence-corrected chi connectivity index (χ1v) is 6.01. The van der Waals surface area contributed by atoms with Crippen molar-refractivity contribution in [3.8, 4) is 0 Å². The molecule has 0 aromatic heterocycles.